The van der Waals surface area contributed by atoms with E-state index in [1.807, 2.05) is 18.2 Å². The average Bonchev–Trinajstić information content (AvgIpc) is 2.73. The maximum atomic E-state index is 12.2. The monoisotopic (exact) mass is 418 g/mol. The van der Waals surface area contributed by atoms with Gasteiger partial charge in [0.05, 0.1) is 18.4 Å². The molecule has 1 fully saturated rings. The lowest BCUT2D eigenvalue weighted by atomic mass is 10.1. The minimum Gasteiger partial charge on any atom is -0.465 e. The van der Waals surface area contributed by atoms with Gasteiger partial charge in [-0.3, -0.25) is 4.90 Å². The van der Waals surface area contributed by atoms with E-state index >= 15 is 0 Å². The van der Waals surface area contributed by atoms with Crippen LogP contribution in [0.5, 0.6) is 5.75 Å². The summed E-state index contributed by atoms with van der Waals surface area (Å²) >= 11 is 0. The molecule has 0 aromatic heterocycles. The molecule has 3 rings (SSSR count). The molecule has 1 atom stereocenters. The summed E-state index contributed by atoms with van der Waals surface area (Å²) in [5, 5.41) is 0. The van der Waals surface area contributed by atoms with Gasteiger partial charge in [0.1, 0.15) is 5.75 Å². The second kappa shape index (κ2) is 9.28. The molecule has 2 aromatic carbocycles. The molecule has 0 saturated carbocycles. The van der Waals surface area contributed by atoms with Crippen LogP contribution in [0.25, 0.3) is 0 Å². The molecule has 0 N–H and O–H groups in total. The number of hydrogen-bond acceptors (Lipinski definition) is 7. The van der Waals surface area contributed by atoms with Gasteiger partial charge in [-0.05, 0) is 43.3 Å². The van der Waals surface area contributed by atoms with Crippen LogP contribution in [-0.2, 0) is 14.9 Å². The first-order valence-corrected chi connectivity index (χ1v) is 11.1. The molecule has 0 amide bonds. The maximum absolute atomic E-state index is 12.2. The first kappa shape index (κ1) is 21.1. The SMILES string of the molecule is COC(=O)c1ccc(N2CCN(CCS(=O)(=O)Oc3ccccc3)C(C)C2)cc1. The summed E-state index contributed by atoms with van der Waals surface area (Å²) in [4.78, 5) is 16.0. The first-order valence-electron chi connectivity index (χ1n) is 9.52. The summed E-state index contributed by atoms with van der Waals surface area (Å²) in [6, 6.07) is 16.1. The van der Waals surface area contributed by atoms with Crippen molar-refractivity contribution in [3.05, 3.63) is 60.2 Å². The van der Waals surface area contributed by atoms with E-state index in [-0.39, 0.29) is 17.8 Å². The zero-order valence-corrected chi connectivity index (χ0v) is 17.5. The third-order valence-electron chi connectivity index (χ3n) is 5.01. The van der Waals surface area contributed by atoms with E-state index in [4.69, 9.17) is 8.92 Å². The number of carbonyl (C=O) groups excluding carboxylic acids is 1. The van der Waals surface area contributed by atoms with Gasteiger partial charge in [-0.15, -0.1) is 0 Å². The number of carbonyl (C=O) groups is 1. The molecular formula is C21H26N2O5S. The average molecular weight is 419 g/mol. The molecule has 1 unspecified atom stereocenters. The molecule has 0 bridgehead atoms. The fourth-order valence-electron chi connectivity index (χ4n) is 3.38. The summed E-state index contributed by atoms with van der Waals surface area (Å²) < 4.78 is 34.4. The van der Waals surface area contributed by atoms with Gasteiger partial charge in [0.2, 0.25) is 0 Å². The number of nitrogens with zero attached hydrogens (tertiary/aromatic N) is 2. The number of para-hydroxylation sites is 1. The second-order valence-electron chi connectivity index (χ2n) is 7.03. The van der Waals surface area contributed by atoms with Gasteiger partial charge in [0.15, 0.2) is 0 Å². The Kier molecular flexibility index (Phi) is 6.76. The lowest BCUT2D eigenvalue weighted by Crippen LogP contribution is -2.53. The zero-order valence-electron chi connectivity index (χ0n) is 16.7. The van der Waals surface area contributed by atoms with E-state index in [1.165, 1.54) is 7.11 Å². The van der Waals surface area contributed by atoms with Gasteiger partial charge < -0.3 is 13.8 Å². The van der Waals surface area contributed by atoms with Crippen LogP contribution in [0.4, 0.5) is 5.69 Å². The molecule has 29 heavy (non-hydrogen) atoms. The number of benzene rings is 2. The van der Waals surface area contributed by atoms with Crippen molar-refractivity contribution in [2.24, 2.45) is 0 Å². The molecule has 0 radical (unpaired) electrons. The normalized spacial score (nSPS) is 17.7. The van der Waals surface area contributed by atoms with Crippen LogP contribution in [0.3, 0.4) is 0 Å². The van der Waals surface area contributed by atoms with E-state index in [1.54, 1.807) is 36.4 Å². The number of hydrogen-bond donors (Lipinski definition) is 0. The zero-order chi connectivity index (χ0) is 20.9. The Balaban J connectivity index is 1.53. The van der Waals surface area contributed by atoms with Crippen LogP contribution in [0.1, 0.15) is 17.3 Å². The fraction of sp³-hybridized carbons (Fsp3) is 0.381. The van der Waals surface area contributed by atoms with Gasteiger partial charge in [-0.25, -0.2) is 4.79 Å². The molecule has 0 aliphatic carbocycles. The lowest BCUT2D eigenvalue weighted by molar-refractivity contribution is 0.0600. The summed E-state index contributed by atoms with van der Waals surface area (Å²) in [5.74, 6) is -0.0745. The number of methoxy groups -OCH3 is 1. The summed E-state index contributed by atoms with van der Waals surface area (Å²) in [7, 11) is -2.27. The predicted octanol–water partition coefficient (Wildman–Crippen LogP) is 2.39. The van der Waals surface area contributed by atoms with Crippen LogP contribution >= 0.6 is 0 Å². The van der Waals surface area contributed by atoms with Crippen LogP contribution < -0.4 is 9.08 Å². The smallest absolute Gasteiger partial charge is 0.337 e. The highest BCUT2D eigenvalue weighted by Crippen LogP contribution is 2.20. The standard InChI is InChI=1S/C21H26N2O5S/c1-17-16-23(19-10-8-18(9-11-19)21(24)27-2)13-12-22(17)14-15-29(25,26)28-20-6-4-3-5-7-20/h3-11,17H,12-16H2,1-2H3. The quantitative estimate of drug-likeness (QED) is 0.505. The van der Waals surface area contributed by atoms with Gasteiger partial charge in [-0.1, -0.05) is 18.2 Å². The van der Waals surface area contributed by atoms with Gasteiger partial charge in [0.25, 0.3) is 0 Å². The van der Waals surface area contributed by atoms with Crippen LogP contribution in [0.15, 0.2) is 54.6 Å². The van der Waals surface area contributed by atoms with E-state index in [0.717, 1.165) is 25.3 Å². The Morgan fingerprint density at radius 2 is 1.76 bits per heavy atom. The van der Waals surface area contributed by atoms with Crippen molar-refractivity contribution in [3.8, 4) is 5.75 Å². The van der Waals surface area contributed by atoms with Crippen molar-refractivity contribution in [2.45, 2.75) is 13.0 Å². The van der Waals surface area contributed by atoms with Gasteiger partial charge in [-0.2, -0.15) is 8.42 Å². The van der Waals surface area contributed by atoms with Crippen molar-refractivity contribution in [1.82, 2.24) is 4.90 Å². The largest absolute Gasteiger partial charge is 0.465 e. The molecule has 8 heteroatoms. The van der Waals surface area contributed by atoms with Crippen molar-refractivity contribution in [3.63, 3.8) is 0 Å². The third kappa shape index (κ3) is 5.71. The van der Waals surface area contributed by atoms with Crippen molar-refractivity contribution >= 4 is 21.8 Å². The van der Waals surface area contributed by atoms with Crippen molar-refractivity contribution < 1.29 is 22.1 Å². The minimum absolute atomic E-state index is 0.0555. The summed E-state index contributed by atoms with van der Waals surface area (Å²) in [5.41, 5.74) is 1.55. The first-order chi connectivity index (χ1) is 13.9. The fourth-order valence-corrected chi connectivity index (χ4v) is 4.33. The maximum Gasteiger partial charge on any atom is 0.337 e. The highest BCUT2D eigenvalue weighted by atomic mass is 32.2. The third-order valence-corrected chi connectivity index (χ3v) is 6.14. The number of esters is 1. The molecule has 2 aromatic rings. The minimum atomic E-state index is -3.64. The summed E-state index contributed by atoms with van der Waals surface area (Å²) in [6.07, 6.45) is 0. The molecule has 1 aliphatic rings. The molecule has 1 heterocycles. The van der Waals surface area contributed by atoms with E-state index in [2.05, 4.69) is 16.7 Å². The second-order valence-corrected chi connectivity index (χ2v) is 8.72. The molecular weight excluding hydrogens is 392 g/mol. The van der Waals surface area contributed by atoms with Crippen LogP contribution in [0.2, 0.25) is 0 Å². The molecule has 156 valence electrons. The highest BCUT2D eigenvalue weighted by Gasteiger charge is 2.26. The Bertz CT molecular complexity index is 916. The van der Waals surface area contributed by atoms with E-state index < -0.39 is 10.1 Å². The number of anilines is 1. The molecule has 1 saturated heterocycles. The number of piperazine rings is 1. The number of ether oxygens (including phenoxy) is 1. The molecule has 7 nitrogen and oxygen atoms in total. The Morgan fingerprint density at radius 3 is 2.38 bits per heavy atom. The molecule has 0 spiro atoms. The lowest BCUT2D eigenvalue weighted by Gasteiger charge is -2.41. The molecule has 1 aliphatic heterocycles. The number of rotatable bonds is 7. The van der Waals surface area contributed by atoms with Gasteiger partial charge >= 0.3 is 16.1 Å². The van der Waals surface area contributed by atoms with Crippen molar-refractivity contribution in [2.75, 3.05) is 43.9 Å². The summed E-state index contributed by atoms with van der Waals surface area (Å²) in [6.45, 7) is 4.81. The predicted molar refractivity (Wildman–Crippen MR) is 112 cm³/mol. The Morgan fingerprint density at radius 1 is 1.07 bits per heavy atom. The highest BCUT2D eigenvalue weighted by molar-refractivity contribution is 7.87. The Labute approximate surface area is 172 Å². The topological polar surface area (TPSA) is 76.2 Å². The Hall–Kier alpha value is -2.58. The van der Waals surface area contributed by atoms with Crippen LogP contribution in [0, 0.1) is 0 Å². The van der Waals surface area contributed by atoms with Crippen LogP contribution in [-0.4, -0.2) is 64.4 Å². The van der Waals surface area contributed by atoms with Crippen molar-refractivity contribution in [1.29, 1.82) is 0 Å². The van der Waals surface area contributed by atoms with E-state index in [0.29, 0.717) is 17.9 Å². The van der Waals surface area contributed by atoms with Gasteiger partial charge in [0, 0.05) is 37.9 Å². The van der Waals surface area contributed by atoms with E-state index in [9.17, 15) is 13.2 Å².